The SMILES string of the molecule is CN(Cc1cccs1)C(=O)[C@H](N)Cc1ccccc1. The lowest BCUT2D eigenvalue weighted by Crippen LogP contribution is -2.42. The molecule has 4 heteroatoms. The Balaban J connectivity index is 1.91. The topological polar surface area (TPSA) is 46.3 Å². The highest BCUT2D eigenvalue weighted by Gasteiger charge is 2.18. The smallest absolute Gasteiger partial charge is 0.239 e. The fourth-order valence-corrected chi connectivity index (χ4v) is 2.71. The summed E-state index contributed by atoms with van der Waals surface area (Å²) >= 11 is 1.65. The van der Waals surface area contributed by atoms with E-state index in [2.05, 4.69) is 0 Å². The molecule has 0 spiro atoms. The van der Waals surface area contributed by atoms with Gasteiger partial charge in [-0.25, -0.2) is 0 Å². The molecular weight excluding hydrogens is 256 g/mol. The van der Waals surface area contributed by atoms with Crippen molar-refractivity contribution >= 4 is 17.2 Å². The summed E-state index contributed by atoms with van der Waals surface area (Å²) in [5, 5.41) is 2.01. The highest BCUT2D eigenvalue weighted by Crippen LogP contribution is 2.12. The van der Waals surface area contributed by atoms with Crippen molar-refractivity contribution in [1.29, 1.82) is 0 Å². The van der Waals surface area contributed by atoms with Crippen molar-refractivity contribution in [1.82, 2.24) is 4.90 Å². The third-order valence-corrected chi connectivity index (χ3v) is 3.83. The predicted molar refractivity (Wildman–Crippen MR) is 78.9 cm³/mol. The number of rotatable bonds is 5. The fraction of sp³-hybridized carbons (Fsp3) is 0.267. The van der Waals surface area contributed by atoms with Crippen LogP contribution >= 0.6 is 11.3 Å². The van der Waals surface area contributed by atoms with E-state index in [1.165, 1.54) is 4.88 Å². The van der Waals surface area contributed by atoms with Crippen molar-refractivity contribution in [3.63, 3.8) is 0 Å². The molecule has 0 unspecified atom stereocenters. The van der Waals surface area contributed by atoms with Crippen LogP contribution in [0, 0.1) is 0 Å². The number of hydrogen-bond donors (Lipinski definition) is 1. The van der Waals surface area contributed by atoms with Crippen molar-refractivity contribution in [3.8, 4) is 0 Å². The maximum Gasteiger partial charge on any atom is 0.239 e. The molecule has 0 radical (unpaired) electrons. The van der Waals surface area contributed by atoms with E-state index in [0.717, 1.165) is 5.56 Å². The zero-order valence-electron chi connectivity index (χ0n) is 11.0. The summed E-state index contributed by atoms with van der Waals surface area (Å²) in [6, 6.07) is 13.4. The minimum atomic E-state index is -0.479. The van der Waals surface area contributed by atoms with Crippen LogP contribution in [0.3, 0.4) is 0 Å². The number of nitrogens with two attached hydrogens (primary N) is 1. The zero-order valence-corrected chi connectivity index (χ0v) is 11.8. The van der Waals surface area contributed by atoms with Crippen molar-refractivity contribution < 1.29 is 4.79 Å². The van der Waals surface area contributed by atoms with Crippen LogP contribution < -0.4 is 5.73 Å². The number of amides is 1. The van der Waals surface area contributed by atoms with Crippen LogP contribution in [0.1, 0.15) is 10.4 Å². The van der Waals surface area contributed by atoms with Crippen molar-refractivity contribution in [3.05, 3.63) is 58.3 Å². The fourth-order valence-electron chi connectivity index (χ4n) is 1.95. The first-order valence-electron chi connectivity index (χ1n) is 6.23. The molecule has 1 heterocycles. The highest BCUT2D eigenvalue weighted by atomic mass is 32.1. The summed E-state index contributed by atoms with van der Waals surface area (Å²) in [7, 11) is 1.80. The molecule has 2 rings (SSSR count). The number of carbonyl (C=O) groups excluding carboxylic acids is 1. The van der Waals surface area contributed by atoms with E-state index < -0.39 is 6.04 Å². The molecular formula is C15H18N2OS. The monoisotopic (exact) mass is 274 g/mol. The second kappa shape index (κ2) is 6.50. The summed E-state index contributed by atoms with van der Waals surface area (Å²) in [5.41, 5.74) is 7.08. The zero-order chi connectivity index (χ0) is 13.7. The van der Waals surface area contributed by atoms with E-state index in [1.54, 1.807) is 23.3 Å². The second-order valence-electron chi connectivity index (χ2n) is 4.57. The molecule has 0 fully saturated rings. The minimum Gasteiger partial charge on any atom is -0.339 e. The Hall–Kier alpha value is -1.65. The number of hydrogen-bond acceptors (Lipinski definition) is 3. The lowest BCUT2D eigenvalue weighted by atomic mass is 10.1. The Bertz CT molecular complexity index is 510. The Morgan fingerprint density at radius 2 is 2.00 bits per heavy atom. The average Bonchev–Trinajstić information content (AvgIpc) is 2.91. The third-order valence-electron chi connectivity index (χ3n) is 2.96. The number of thiophene rings is 1. The molecule has 0 aliphatic carbocycles. The number of benzene rings is 1. The molecule has 0 aliphatic rings. The van der Waals surface area contributed by atoms with Crippen LogP contribution in [0.2, 0.25) is 0 Å². The molecule has 19 heavy (non-hydrogen) atoms. The van der Waals surface area contributed by atoms with Gasteiger partial charge in [0.2, 0.25) is 5.91 Å². The molecule has 1 aromatic heterocycles. The van der Waals surface area contributed by atoms with Crippen molar-refractivity contribution in [2.24, 2.45) is 5.73 Å². The quantitative estimate of drug-likeness (QED) is 0.909. The van der Waals surface area contributed by atoms with Gasteiger partial charge in [-0.1, -0.05) is 36.4 Å². The third kappa shape index (κ3) is 3.91. The van der Waals surface area contributed by atoms with Gasteiger partial charge in [0.15, 0.2) is 0 Å². The Morgan fingerprint density at radius 3 is 2.63 bits per heavy atom. The molecule has 100 valence electrons. The number of nitrogens with zero attached hydrogens (tertiary/aromatic N) is 1. The standard InChI is InChI=1S/C15H18N2OS/c1-17(11-13-8-5-9-19-13)15(18)14(16)10-12-6-3-2-4-7-12/h2-9,14H,10-11,16H2,1H3/t14-/m1/s1. The van der Waals surface area contributed by atoms with Crippen LogP contribution in [0.5, 0.6) is 0 Å². The molecule has 0 aliphatic heterocycles. The normalized spacial score (nSPS) is 12.1. The van der Waals surface area contributed by atoms with Crippen molar-refractivity contribution in [2.75, 3.05) is 7.05 Å². The molecule has 1 atom stereocenters. The van der Waals surface area contributed by atoms with Crippen LogP contribution in [-0.2, 0) is 17.8 Å². The first kappa shape index (κ1) is 13.8. The van der Waals surface area contributed by atoms with Gasteiger partial charge in [-0.05, 0) is 23.4 Å². The van der Waals surface area contributed by atoms with Gasteiger partial charge in [0.05, 0.1) is 12.6 Å². The first-order valence-corrected chi connectivity index (χ1v) is 7.11. The molecule has 2 N–H and O–H groups in total. The molecule has 1 amide bonds. The molecule has 0 saturated carbocycles. The summed E-state index contributed by atoms with van der Waals surface area (Å²) in [6.45, 7) is 0.624. The second-order valence-corrected chi connectivity index (χ2v) is 5.60. The van der Waals surface area contributed by atoms with Gasteiger partial charge in [-0.2, -0.15) is 0 Å². The lowest BCUT2D eigenvalue weighted by molar-refractivity contribution is -0.131. The maximum absolute atomic E-state index is 12.2. The summed E-state index contributed by atoms with van der Waals surface area (Å²) < 4.78 is 0. The summed E-state index contributed by atoms with van der Waals surface area (Å²) in [5.74, 6) is -0.0164. The van der Waals surface area contributed by atoms with Gasteiger partial charge >= 0.3 is 0 Å². The van der Waals surface area contributed by atoms with E-state index >= 15 is 0 Å². The summed E-state index contributed by atoms with van der Waals surface area (Å²) in [4.78, 5) is 15.0. The average molecular weight is 274 g/mol. The van der Waals surface area contributed by atoms with Crippen LogP contribution in [0.25, 0.3) is 0 Å². The largest absolute Gasteiger partial charge is 0.339 e. The van der Waals surface area contributed by atoms with Gasteiger partial charge in [0, 0.05) is 11.9 Å². The Kier molecular flexibility index (Phi) is 4.71. The predicted octanol–water partition coefficient (Wildman–Crippen LogP) is 2.28. The van der Waals surface area contributed by atoms with E-state index in [-0.39, 0.29) is 5.91 Å². The first-order chi connectivity index (χ1) is 9.16. The van der Waals surface area contributed by atoms with Gasteiger partial charge in [0.1, 0.15) is 0 Å². The van der Waals surface area contributed by atoms with Gasteiger partial charge in [0.25, 0.3) is 0 Å². The summed E-state index contributed by atoms with van der Waals surface area (Å²) in [6.07, 6.45) is 0.578. The van der Waals surface area contributed by atoms with E-state index in [0.29, 0.717) is 13.0 Å². The van der Waals surface area contributed by atoms with Gasteiger partial charge in [-0.15, -0.1) is 11.3 Å². The minimum absolute atomic E-state index is 0.0164. The lowest BCUT2D eigenvalue weighted by Gasteiger charge is -2.20. The maximum atomic E-state index is 12.2. The van der Waals surface area contributed by atoms with E-state index in [4.69, 9.17) is 5.73 Å². The molecule has 3 nitrogen and oxygen atoms in total. The van der Waals surface area contributed by atoms with E-state index in [9.17, 15) is 4.79 Å². The van der Waals surface area contributed by atoms with Gasteiger partial charge < -0.3 is 10.6 Å². The van der Waals surface area contributed by atoms with Crippen LogP contribution in [0.15, 0.2) is 47.8 Å². The Labute approximate surface area is 117 Å². The van der Waals surface area contributed by atoms with Crippen molar-refractivity contribution in [2.45, 2.75) is 19.0 Å². The molecule has 0 saturated heterocycles. The molecule has 2 aromatic rings. The van der Waals surface area contributed by atoms with Crippen LogP contribution in [-0.4, -0.2) is 23.9 Å². The number of likely N-dealkylation sites (N-methyl/N-ethyl adjacent to an activating group) is 1. The number of carbonyl (C=O) groups is 1. The Morgan fingerprint density at radius 1 is 1.26 bits per heavy atom. The van der Waals surface area contributed by atoms with E-state index in [1.807, 2.05) is 47.8 Å². The van der Waals surface area contributed by atoms with Gasteiger partial charge in [-0.3, -0.25) is 4.79 Å². The highest BCUT2D eigenvalue weighted by molar-refractivity contribution is 7.09. The molecule has 0 bridgehead atoms. The van der Waals surface area contributed by atoms with Crippen LogP contribution in [0.4, 0.5) is 0 Å². The molecule has 1 aromatic carbocycles.